The van der Waals surface area contributed by atoms with Gasteiger partial charge in [0.05, 0.1) is 11.5 Å². The maximum absolute atomic E-state index is 10.8. The zero-order chi connectivity index (χ0) is 9.19. The number of sulfone groups is 1. The predicted octanol–water partition coefficient (Wildman–Crippen LogP) is 1.69. The fourth-order valence-corrected chi connectivity index (χ4v) is 3.57. The van der Waals surface area contributed by atoms with Crippen LogP contribution in [0.3, 0.4) is 0 Å². The molecule has 1 fully saturated rings. The summed E-state index contributed by atoms with van der Waals surface area (Å²) >= 11 is 5.71. The maximum Gasteiger partial charge on any atom is 0.150 e. The Morgan fingerprint density at radius 2 is 2.08 bits per heavy atom. The quantitative estimate of drug-likeness (QED) is 0.662. The van der Waals surface area contributed by atoms with Crippen LogP contribution in [0.4, 0.5) is 0 Å². The molecule has 0 saturated carbocycles. The first kappa shape index (κ1) is 10.3. The average Bonchev–Trinajstić information content (AvgIpc) is 1.96. The van der Waals surface area contributed by atoms with Crippen LogP contribution >= 0.6 is 11.6 Å². The number of rotatable bonds is 4. The molecular formula is C8H15ClO2S. The Bertz CT molecular complexity index is 219. The van der Waals surface area contributed by atoms with Gasteiger partial charge in [-0.05, 0) is 18.3 Å². The lowest BCUT2D eigenvalue weighted by atomic mass is 9.96. The van der Waals surface area contributed by atoms with Gasteiger partial charge in [0.15, 0.2) is 9.84 Å². The van der Waals surface area contributed by atoms with Crippen LogP contribution in [-0.2, 0) is 9.84 Å². The van der Waals surface area contributed by atoms with Gasteiger partial charge in [-0.25, -0.2) is 8.42 Å². The van der Waals surface area contributed by atoms with E-state index in [0.717, 1.165) is 12.8 Å². The SMILES string of the molecule is CCC(CCl)CC1CS(=O)(=O)C1. The first-order valence-corrected chi connectivity index (χ1v) is 6.69. The highest BCUT2D eigenvalue weighted by molar-refractivity contribution is 7.92. The van der Waals surface area contributed by atoms with E-state index < -0.39 is 9.84 Å². The van der Waals surface area contributed by atoms with Crippen LogP contribution in [0.1, 0.15) is 19.8 Å². The van der Waals surface area contributed by atoms with E-state index >= 15 is 0 Å². The predicted molar refractivity (Wildman–Crippen MR) is 51.3 cm³/mol. The molecule has 1 aliphatic heterocycles. The normalized spacial score (nSPS) is 24.8. The molecule has 12 heavy (non-hydrogen) atoms. The Morgan fingerprint density at radius 3 is 2.42 bits per heavy atom. The second-order valence-corrected chi connectivity index (χ2v) is 6.07. The Balaban J connectivity index is 2.26. The van der Waals surface area contributed by atoms with E-state index in [4.69, 9.17) is 11.6 Å². The molecule has 0 aromatic rings. The Morgan fingerprint density at radius 1 is 1.50 bits per heavy atom. The van der Waals surface area contributed by atoms with E-state index in [1.165, 1.54) is 0 Å². The van der Waals surface area contributed by atoms with Gasteiger partial charge in [0.1, 0.15) is 0 Å². The van der Waals surface area contributed by atoms with Crippen molar-refractivity contribution in [1.82, 2.24) is 0 Å². The summed E-state index contributed by atoms with van der Waals surface area (Å²) in [6, 6.07) is 0. The van der Waals surface area contributed by atoms with Crippen LogP contribution in [0, 0.1) is 11.8 Å². The fourth-order valence-electron chi connectivity index (χ4n) is 1.62. The summed E-state index contributed by atoms with van der Waals surface area (Å²) in [5.74, 6) is 2.33. The van der Waals surface area contributed by atoms with Crippen LogP contribution < -0.4 is 0 Å². The molecule has 1 aliphatic rings. The molecule has 1 rings (SSSR count). The smallest absolute Gasteiger partial charge is 0.150 e. The lowest BCUT2D eigenvalue weighted by Gasteiger charge is -2.28. The largest absolute Gasteiger partial charge is 0.229 e. The van der Waals surface area contributed by atoms with E-state index in [1.54, 1.807) is 0 Å². The second-order valence-electron chi connectivity index (χ2n) is 3.61. The Hall–Kier alpha value is 0.240. The molecule has 0 radical (unpaired) electrons. The van der Waals surface area contributed by atoms with Crippen LogP contribution in [-0.4, -0.2) is 25.8 Å². The van der Waals surface area contributed by atoms with Crippen molar-refractivity contribution >= 4 is 21.4 Å². The molecule has 72 valence electrons. The third-order valence-electron chi connectivity index (χ3n) is 2.44. The van der Waals surface area contributed by atoms with E-state index in [0.29, 0.717) is 29.2 Å². The van der Waals surface area contributed by atoms with E-state index in [2.05, 4.69) is 6.92 Å². The molecule has 2 nitrogen and oxygen atoms in total. The third kappa shape index (κ3) is 2.63. The van der Waals surface area contributed by atoms with Crippen LogP contribution in [0.25, 0.3) is 0 Å². The van der Waals surface area contributed by atoms with Crippen molar-refractivity contribution in [2.75, 3.05) is 17.4 Å². The number of alkyl halides is 1. The number of hydrogen-bond acceptors (Lipinski definition) is 2. The minimum Gasteiger partial charge on any atom is -0.229 e. The molecule has 0 amide bonds. The van der Waals surface area contributed by atoms with E-state index in [1.807, 2.05) is 0 Å². The summed E-state index contributed by atoms with van der Waals surface area (Å²) in [6.07, 6.45) is 2.04. The molecule has 4 heteroatoms. The lowest BCUT2D eigenvalue weighted by Crippen LogP contribution is -2.37. The molecule has 1 atom stereocenters. The minimum absolute atomic E-state index is 0.388. The molecule has 0 N–H and O–H groups in total. The van der Waals surface area contributed by atoms with Gasteiger partial charge >= 0.3 is 0 Å². The molecule has 0 aromatic carbocycles. The molecule has 1 heterocycles. The summed E-state index contributed by atoms with van der Waals surface area (Å²) in [6.45, 7) is 2.10. The van der Waals surface area contributed by atoms with E-state index in [9.17, 15) is 8.42 Å². The zero-order valence-electron chi connectivity index (χ0n) is 7.29. The first-order valence-electron chi connectivity index (χ1n) is 4.33. The third-order valence-corrected chi connectivity index (χ3v) is 4.84. The summed E-state index contributed by atoms with van der Waals surface area (Å²) in [7, 11) is -2.64. The highest BCUT2D eigenvalue weighted by Gasteiger charge is 2.34. The van der Waals surface area contributed by atoms with Gasteiger partial charge in [-0.1, -0.05) is 13.3 Å². The molecular weight excluding hydrogens is 196 g/mol. The highest BCUT2D eigenvalue weighted by atomic mass is 35.5. The van der Waals surface area contributed by atoms with E-state index in [-0.39, 0.29) is 0 Å². The van der Waals surface area contributed by atoms with Crippen LogP contribution in [0.15, 0.2) is 0 Å². The molecule has 1 saturated heterocycles. The van der Waals surface area contributed by atoms with Crippen molar-refractivity contribution < 1.29 is 8.42 Å². The second kappa shape index (κ2) is 3.97. The summed E-state index contributed by atoms with van der Waals surface area (Å²) in [5.41, 5.74) is 0. The molecule has 0 bridgehead atoms. The molecule has 0 aliphatic carbocycles. The first-order chi connectivity index (χ1) is 5.57. The Labute approximate surface area is 79.2 Å². The highest BCUT2D eigenvalue weighted by Crippen LogP contribution is 2.27. The molecule has 0 aromatic heterocycles. The van der Waals surface area contributed by atoms with Crippen molar-refractivity contribution in [2.24, 2.45) is 11.8 Å². The van der Waals surface area contributed by atoms with Crippen molar-refractivity contribution in [3.63, 3.8) is 0 Å². The molecule has 1 unspecified atom stereocenters. The van der Waals surface area contributed by atoms with Crippen molar-refractivity contribution in [1.29, 1.82) is 0 Å². The topological polar surface area (TPSA) is 34.1 Å². The van der Waals surface area contributed by atoms with Gasteiger partial charge < -0.3 is 0 Å². The fraction of sp³-hybridized carbons (Fsp3) is 1.00. The monoisotopic (exact) mass is 210 g/mol. The summed E-state index contributed by atoms with van der Waals surface area (Å²) in [4.78, 5) is 0. The summed E-state index contributed by atoms with van der Waals surface area (Å²) in [5, 5.41) is 0. The minimum atomic E-state index is -2.64. The maximum atomic E-state index is 10.8. The standard InChI is InChI=1S/C8H15ClO2S/c1-2-7(4-9)3-8-5-12(10,11)6-8/h7-8H,2-6H2,1H3. The van der Waals surface area contributed by atoms with Crippen molar-refractivity contribution in [2.45, 2.75) is 19.8 Å². The van der Waals surface area contributed by atoms with Crippen molar-refractivity contribution in [3.8, 4) is 0 Å². The lowest BCUT2D eigenvalue weighted by molar-refractivity contribution is 0.408. The zero-order valence-corrected chi connectivity index (χ0v) is 8.87. The Kier molecular flexibility index (Phi) is 3.41. The van der Waals surface area contributed by atoms with Gasteiger partial charge in [-0.15, -0.1) is 11.6 Å². The van der Waals surface area contributed by atoms with Gasteiger partial charge in [-0.3, -0.25) is 0 Å². The summed E-state index contributed by atoms with van der Waals surface area (Å²) < 4.78 is 21.6. The van der Waals surface area contributed by atoms with Crippen LogP contribution in [0.2, 0.25) is 0 Å². The van der Waals surface area contributed by atoms with Gasteiger partial charge in [0, 0.05) is 5.88 Å². The molecule has 0 spiro atoms. The van der Waals surface area contributed by atoms with Gasteiger partial charge in [-0.2, -0.15) is 0 Å². The van der Waals surface area contributed by atoms with Gasteiger partial charge in [0.2, 0.25) is 0 Å². The number of halogens is 1. The number of hydrogen-bond donors (Lipinski definition) is 0. The van der Waals surface area contributed by atoms with Gasteiger partial charge in [0.25, 0.3) is 0 Å². The van der Waals surface area contributed by atoms with Crippen molar-refractivity contribution in [3.05, 3.63) is 0 Å². The average molecular weight is 211 g/mol. The van der Waals surface area contributed by atoms with Crippen LogP contribution in [0.5, 0.6) is 0 Å².